The van der Waals surface area contributed by atoms with Crippen molar-refractivity contribution in [2.24, 2.45) is 5.92 Å². The molecule has 2 atom stereocenters. The third-order valence-electron chi connectivity index (χ3n) is 5.00. The third-order valence-corrected chi connectivity index (χ3v) is 5.00. The number of carbonyl (C=O) groups excluding carboxylic acids is 1. The summed E-state index contributed by atoms with van der Waals surface area (Å²) in [6.45, 7) is 3.58. The van der Waals surface area contributed by atoms with Crippen molar-refractivity contribution in [1.82, 2.24) is 0 Å². The van der Waals surface area contributed by atoms with E-state index in [0.717, 1.165) is 23.5 Å². The van der Waals surface area contributed by atoms with Crippen LogP contribution in [0.15, 0.2) is 78.9 Å². The Hall–Kier alpha value is -3.99. The molecule has 0 aliphatic carbocycles. The minimum Gasteiger partial charge on any atom is -0.441 e. The van der Waals surface area contributed by atoms with Crippen molar-refractivity contribution in [1.29, 1.82) is 5.26 Å². The number of para-hydroxylation sites is 1. The van der Waals surface area contributed by atoms with Crippen LogP contribution in [0.1, 0.15) is 37.0 Å². The van der Waals surface area contributed by atoms with E-state index in [1.54, 1.807) is 32.0 Å². The lowest BCUT2D eigenvalue weighted by molar-refractivity contribution is -0.274. The molecule has 3 aromatic rings. The van der Waals surface area contributed by atoms with E-state index < -0.39 is 24.4 Å². The number of rotatable bonds is 8. The Bertz CT molecular complexity index is 1140. The van der Waals surface area contributed by atoms with E-state index in [4.69, 9.17) is 4.74 Å². The molecule has 0 saturated carbocycles. The molecule has 0 heterocycles. The molecule has 0 fully saturated rings. The number of nitrogens with zero attached hydrogens (tertiary/aromatic N) is 1. The molecule has 0 bridgehead atoms. The Morgan fingerprint density at radius 2 is 1.56 bits per heavy atom. The van der Waals surface area contributed by atoms with Crippen molar-refractivity contribution < 1.29 is 27.4 Å². The molecule has 3 aromatic carbocycles. The van der Waals surface area contributed by atoms with E-state index in [0.29, 0.717) is 11.1 Å². The number of benzene rings is 3. The molecule has 0 amide bonds. The van der Waals surface area contributed by atoms with Gasteiger partial charge < -0.3 is 14.8 Å². The summed E-state index contributed by atoms with van der Waals surface area (Å²) in [4.78, 5) is 13.0. The van der Waals surface area contributed by atoms with Crippen LogP contribution in [-0.4, -0.2) is 12.3 Å². The van der Waals surface area contributed by atoms with Crippen molar-refractivity contribution in [3.8, 4) is 11.8 Å². The Balaban J connectivity index is 1.76. The average Bonchev–Trinajstić information content (AvgIpc) is 2.78. The number of nitriles is 1. The Morgan fingerprint density at radius 3 is 2.15 bits per heavy atom. The number of halogens is 3. The zero-order valence-corrected chi connectivity index (χ0v) is 18.5. The van der Waals surface area contributed by atoms with Gasteiger partial charge >= 0.3 is 12.3 Å². The van der Waals surface area contributed by atoms with Crippen molar-refractivity contribution in [2.75, 3.05) is 5.32 Å². The number of hydrogen-bond acceptors (Lipinski definition) is 5. The number of ether oxygens (including phenoxy) is 2. The van der Waals surface area contributed by atoms with Crippen LogP contribution < -0.4 is 10.1 Å². The fourth-order valence-corrected chi connectivity index (χ4v) is 3.50. The summed E-state index contributed by atoms with van der Waals surface area (Å²) >= 11 is 0. The van der Waals surface area contributed by atoms with Crippen LogP contribution in [0.4, 0.5) is 24.5 Å². The van der Waals surface area contributed by atoms with E-state index >= 15 is 0 Å². The van der Waals surface area contributed by atoms with Crippen LogP contribution in [0.25, 0.3) is 0 Å². The SMILES string of the molecule is CC(C)C(C(=O)OC(C#N)c1cccc(Nc2ccccc2)c1)c1ccc(OC(F)(F)F)cc1. The molecule has 2 unspecified atom stereocenters. The summed E-state index contributed by atoms with van der Waals surface area (Å²) in [5, 5.41) is 12.9. The van der Waals surface area contributed by atoms with Gasteiger partial charge in [-0.25, -0.2) is 0 Å². The predicted molar refractivity (Wildman–Crippen MR) is 121 cm³/mol. The van der Waals surface area contributed by atoms with Crippen LogP contribution in [0, 0.1) is 17.2 Å². The first kappa shape index (κ1) is 24.6. The number of anilines is 2. The van der Waals surface area contributed by atoms with Gasteiger partial charge in [-0.2, -0.15) is 5.26 Å². The molecule has 0 saturated heterocycles. The van der Waals surface area contributed by atoms with E-state index in [2.05, 4.69) is 10.1 Å². The molecule has 176 valence electrons. The topological polar surface area (TPSA) is 71.4 Å². The molecular weight excluding hydrogens is 445 g/mol. The number of hydrogen-bond donors (Lipinski definition) is 1. The van der Waals surface area contributed by atoms with Crippen LogP contribution in [-0.2, 0) is 9.53 Å². The standard InChI is InChI=1S/C26H23F3N2O3/c1-17(2)24(18-11-13-22(14-12-18)34-26(27,28)29)25(32)33-23(16-30)19-7-6-10-21(15-19)31-20-8-4-3-5-9-20/h3-15,17,23-24,31H,1-2H3. The first-order valence-electron chi connectivity index (χ1n) is 10.5. The fourth-order valence-electron chi connectivity index (χ4n) is 3.50. The largest absolute Gasteiger partial charge is 0.573 e. The first-order chi connectivity index (χ1) is 16.2. The molecule has 0 radical (unpaired) electrons. The highest BCUT2D eigenvalue weighted by Gasteiger charge is 2.32. The monoisotopic (exact) mass is 468 g/mol. The van der Waals surface area contributed by atoms with E-state index in [9.17, 15) is 23.2 Å². The molecule has 3 rings (SSSR count). The number of esters is 1. The van der Waals surface area contributed by atoms with Gasteiger partial charge in [0.1, 0.15) is 11.8 Å². The predicted octanol–water partition coefficient (Wildman–Crippen LogP) is 6.88. The van der Waals surface area contributed by atoms with Gasteiger partial charge in [-0.3, -0.25) is 4.79 Å². The Labute approximate surface area is 195 Å². The fraction of sp³-hybridized carbons (Fsp3) is 0.231. The van der Waals surface area contributed by atoms with Gasteiger partial charge in [0, 0.05) is 16.9 Å². The Kier molecular flexibility index (Phi) is 7.79. The highest BCUT2D eigenvalue weighted by molar-refractivity contribution is 5.79. The van der Waals surface area contributed by atoms with Gasteiger partial charge in [-0.15, -0.1) is 13.2 Å². The molecule has 34 heavy (non-hydrogen) atoms. The second-order valence-corrected chi connectivity index (χ2v) is 7.90. The van der Waals surface area contributed by atoms with Gasteiger partial charge in [0.15, 0.2) is 0 Å². The molecule has 0 aliphatic rings. The molecule has 0 spiro atoms. The Morgan fingerprint density at radius 1 is 0.912 bits per heavy atom. The van der Waals surface area contributed by atoms with Gasteiger partial charge in [-0.1, -0.05) is 56.3 Å². The van der Waals surface area contributed by atoms with Crippen LogP contribution in [0.5, 0.6) is 5.75 Å². The molecular formula is C26H23F3N2O3. The minimum absolute atomic E-state index is 0.229. The summed E-state index contributed by atoms with van der Waals surface area (Å²) in [5.74, 6) is -2.04. The lowest BCUT2D eigenvalue weighted by Gasteiger charge is -2.22. The maximum absolute atomic E-state index is 13.0. The van der Waals surface area contributed by atoms with E-state index in [1.807, 2.05) is 42.5 Å². The van der Waals surface area contributed by atoms with E-state index in [-0.39, 0.29) is 11.7 Å². The molecule has 0 aromatic heterocycles. The van der Waals surface area contributed by atoms with Crippen LogP contribution in [0.3, 0.4) is 0 Å². The average molecular weight is 468 g/mol. The highest BCUT2D eigenvalue weighted by Crippen LogP contribution is 2.32. The highest BCUT2D eigenvalue weighted by atomic mass is 19.4. The normalized spacial score (nSPS) is 13.0. The summed E-state index contributed by atoms with van der Waals surface area (Å²) in [5.41, 5.74) is 2.54. The maximum Gasteiger partial charge on any atom is 0.573 e. The summed E-state index contributed by atoms with van der Waals surface area (Å²) in [7, 11) is 0. The minimum atomic E-state index is -4.80. The summed E-state index contributed by atoms with van der Waals surface area (Å²) < 4.78 is 46.7. The van der Waals surface area contributed by atoms with Gasteiger partial charge in [-0.05, 0) is 47.9 Å². The van der Waals surface area contributed by atoms with Crippen molar-refractivity contribution in [3.63, 3.8) is 0 Å². The van der Waals surface area contributed by atoms with Gasteiger partial charge in [0.05, 0.1) is 5.92 Å². The smallest absolute Gasteiger partial charge is 0.441 e. The molecule has 8 heteroatoms. The van der Waals surface area contributed by atoms with Crippen LogP contribution in [0.2, 0.25) is 0 Å². The number of carbonyl (C=O) groups is 1. The van der Waals surface area contributed by atoms with Crippen molar-refractivity contribution in [2.45, 2.75) is 32.2 Å². The summed E-state index contributed by atoms with van der Waals surface area (Å²) in [6.07, 6.45) is -5.96. The summed E-state index contributed by atoms with van der Waals surface area (Å²) in [6, 6.07) is 23.5. The quantitative estimate of drug-likeness (QED) is 0.365. The number of nitrogens with one attached hydrogen (secondary N) is 1. The van der Waals surface area contributed by atoms with Crippen molar-refractivity contribution >= 4 is 17.3 Å². The van der Waals surface area contributed by atoms with Crippen molar-refractivity contribution in [3.05, 3.63) is 90.0 Å². The second kappa shape index (κ2) is 10.8. The molecule has 0 aliphatic heterocycles. The zero-order chi connectivity index (χ0) is 24.7. The molecule has 1 N–H and O–H groups in total. The van der Waals surface area contributed by atoms with Crippen LogP contribution >= 0.6 is 0 Å². The number of alkyl halides is 3. The lowest BCUT2D eigenvalue weighted by atomic mass is 9.88. The lowest BCUT2D eigenvalue weighted by Crippen LogP contribution is -2.23. The first-order valence-corrected chi connectivity index (χ1v) is 10.5. The zero-order valence-electron chi connectivity index (χ0n) is 18.5. The van der Waals surface area contributed by atoms with E-state index in [1.165, 1.54) is 12.1 Å². The van der Waals surface area contributed by atoms with Gasteiger partial charge in [0.2, 0.25) is 6.10 Å². The third kappa shape index (κ3) is 6.75. The molecule has 5 nitrogen and oxygen atoms in total. The second-order valence-electron chi connectivity index (χ2n) is 7.90. The van der Waals surface area contributed by atoms with Gasteiger partial charge in [0.25, 0.3) is 0 Å². The maximum atomic E-state index is 13.0.